The maximum absolute atomic E-state index is 13.2. The van der Waals surface area contributed by atoms with E-state index in [4.69, 9.17) is 4.74 Å². The zero-order chi connectivity index (χ0) is 13.1. The lowest BCUT2D eigenvalue weighted by atomic mass is 10.2. The summed E-state index contributed by atoms with van der Waals surface area (Å²) in [4.78, 5) is 7.76. The summed E-state index contributed by atoms with van der Waals surface area (Å²) in [5.41, 5.74) is 1.90. The lowest BCUT2D eigenvalue weighted by molar-refractivity contribution is 0.368. The molecule has 0 spiro atoms. The number of methoxy groups -OCH3 is 1. The monoisotopic (exact) mass is 311 g/mol. The Morgan fingerprint density at radius 3 is 2.78 bits per heavy atom. The highest BCUT2D eigenvalue weighted by atomic mass is 79.9. The van der Waals surface area contributed by atoms with Gasteiger partial charge < -0.3 is 10.1 Å². The minimum Gasteiger partial charge on any atom is -0.479 e. The van der Waals surface area contributed by atoms with Crippen molar-refractivity contribution in [2.75, 3.05) is 12.4 Å². The molecule has 0 bridgehead atoms. The van der Waals surface area contributed by atoms with E-state index in [1.54, 1.807) is 0 Å². The van der Waals surface area contributed by atoms with Crippen LogP contribution in [-0.2, 0) is 0 Å². The summed E-state index contributed by atoms with van der Waals surface area (Å²) in [5, 5.41) is 2.99. The first-order valence-corrected chi connectivity index (χ1v) is 5.98. The normalized spacial score (nSPS) is 10.2. The van der Waals surface area contributed by atoms with Crippen LogP contribution in [-0.4, -0.2) is 17.1 Å². The molecule has 0 radical (unpaired) electrons. The smallest absolute Gasteiger partial charge is 0.255 e. The van der Waals surface area contributed by atoms with Crippen LogP contribution in [0.3, 0.4) is 0 Å². The van der Waals surface area contributed by atoms with Gasteiger partial charge in [-0.3, -0.25) is 0 Å². The Labute approximate surface area is 112 Å². The number of benzene rings is 1. The standard InChI is InChI=1S/C12H11BrFN3O/c1-7-3-8(13)5-9(4-7)16-12-15-6-10(14)11(17-12)18-2/h3-6H,1-2H3,(H,15,16,17). The summed E-state index contributed by atoms with van der Waals surface area (Å²) in [6, 6.07) is 5.80. The number of halogens is 2. The highest BCUT2D eigenvalue weighted by Crippen LogP contribution is 2.22. The second-order valence-electron chi connectivity index (χ2n) is 3.69. The van der Waals surface area contributed by atoms with Crippen molar-refractivity contribution in [3.05, 3.63) is 40.2 Å². The van der Waals surface area contributed by atoms with Gasteiger partial charge in [0.1, 0.15) is 0 Å². The molecule has 0 saturated heterocycles. The Hall–Kier alpha value is -1.69. The molecule has 0 aliphatic heterocycles. The number of hydrogen-bond donors (Lipinski definition) is 1. The highest BCUT2D eigenvalue weighted by molar-refractivity contribution is 9.10. The molecule has 6 heteroatoms. The van der Waals surface area contributed by atoms with Gasteiger partial charge in [0.15, 0.2) is 0 Å². The molecule has 18 heavy (non-hydrogen) atoms. The Morgan fingerprint density at radius 1 is 1.33 bits per heavy atom. The molecular weight excluding hydrogens is 301 g/mol. The van der Waals surface area contributed by atoms with Crippen LogP contribution in [0.25, 0.3) is 0 Å². The van der Waals surface area contributed by atoms with Gasteiger partial charge in [0.25, 0.3) is 5.88 Å². The van der Waals surface area contributed by atoms with Gasteiger partial charge in [-0.1, -0.05) is 15.9 Å². The Balaban J connectivity index is 2.28. The van der Waals surface area contributed by atoms with E-state index in [1.807, 2.05) is 25.1 Å². The van der Waals surface area contributed by atoms with Crippen LogP contribution in [0.2, 0.25) is 0 Å². The van der Waals surface area contributed by atoms with Gasteiger partial charge in [-0.2, -0.15) is 9.37 Å². The molecule has 0 amide bonds. The second kappa shape index (κ2) is 5.30. The van der Waals surface area contributed by atoms with Gasteiger partial charge >= 0.3 is 0 Å². The molecule has 4 nitrogen and oxygen atoms in total. The number of anilines is 2. The van der Waals surface area contributed by atoms with Gasteiger partial charge in [0.2, 0.25) is 11.8 Å². The maximum atomic E-state index is 13.2. The van der Waals surface area contributed by atoms with Crippen LogP contribution in [0.4, 0.5) is 16.0 Å². The van der Waals surface area contributed by atoms with Crippen molar-refractivity contribution in [2.45, 2.75) is 6.92 Å². The molecule has 0 saturated carbocycles. The van der Waals surface area contributed by atoms with E-state index in [0.717, 1.165) is 21.9 Å². The zero-order valence-electron chi connectivity index (χ0n) is 9.87. The van der Waals surface area contributed by atoms with Crippen LogP contribution >= 0.6 is 15.9 Å². The van der Waals surface area contributed by atoms with Crippen LogP contribution in [0.5, 0.6) is 5.88 Å². The lowest BCUT2D eigenvalue weighted by Gasteiger charge is -2.08. The minimum absolute atomic E-state index is 0.0841. The van der Waals surface area contributed by atoms with Crippen molar-refractivity contribution in [2.24, 2.45) is 0 Å². The van der Waals surface area contributed by atoms with Crippen LogP contribution in [0.1, 0.15) is 5.56 Å². The van der Waals surface area contributed by atoms with E-state index in [9.17, 15) is 4.39 Å². The summed E-state index contributed by atoms with van der Waals surface area (Å²) < 4.78 is 18.9. The first kappa shape index (κ1) is 12.8. The predicted octanol–water partition coefficient (Wildman–Crippen LogP) is 3.44. The number of nitrogens with one attached hydrogen (secondary N) is 1. The Morgan fingerprint density at radius 2 is 2.11 bits per heavy atom. The summed E-state index contributed by atoms with van der Waals surface area (Å²) >= 11 is 3.40. The number of hydrogen-bond acceptors (Lipinski definition) is 4. The number of ether oxygens (including phenoxy) is 1. The van der Waals surface area contributed by atoms with Crippen molar-refractivity contribution in [1.82, 2.24) is 9.97 Å². The molecule has 1 N–H and O–H groups in total. The van der Waals surface area contributed by atoms with Gasteiger partial charge in [0, 0.05) is 10.2 Å². The van der Waals surface area contributed by atoms with Gasteiger partial charge in [0.05, 0.1) is 13.3 Å². The number of rotatable bonds is 3. The molecular formula is C12H11BrFN3O. The Bertz CT molecular complexity index is 557. The van der Waals surface area contributed by atoms with Crippen LogP contribution < -0.4 is 10.1 Å². The van der Waals surface area contributed by atoms with Crippen LogP contribution in [0, 0.1) is 12.7 Å². The lowest BCUT2D eigenvalue weighted by Crippen LogP contribution is -2.01. The molecule has 0 atom stereocenters. The summed E-state index contributed by atoms with van der Waals surface area (Å²) in [7, 11) is 1.36. The number of aromatic nitrogens is 2. The van der Waals surface area contributed by atoms with E-state index in [0.29, 0.717) is 0 Å². The number of aryl methyl sites for hydroxylation is 1. The van der Waals surface area contributed by atoms with Crippen LogP contribution in [0.15, 0.2) is 28.9 Å². The third-order valence-corrected chi connectivity index (χ3v) is 2.66. The highest BCUT2D eigenvalue weighted by Gasteiger charge is 2.07. The van der Waals surface area contributed by atoms with Gasteiger partial charge in [-0.05, 0) is 30.7 Å². The van der Waals surface area contributed by atoms with Crippen molar-refractivity contribution in [3.63, 3.8) is 0 Å². The summed E-state index contributed by atoms with van der Waals surface area (Å²) in [6.45, 7) is 1.97. The minimum atomic E-state index is -0.589. The summed E-state index contributed by atoms with van der Waals surface area (Å²) in [6.07, 6.45) is 1.07. The van der Waals surface area contributed by atoms with E-state index in [1.165, 1.54) is 7.11 Å². The molecule has 0 unspecified atom stereocenters. The van der Waals surface area contributed by atoms with E-state index in [-0.39, 0.29) is 11.8 Å². The van der Waals surface area contributed by atoms with Gasteiger partial charge in [-0.15, -0.1) is 0 Å². The molecule has 2 rings (SSSR count). The van der Waals surface area contributed by atoms with E-state index < -0.39 is 5.82 Å². The fourth-order valence-corrected chi connectivity index (χ4v) is 2.10. The average Bonchev–Trinajstić information content (AvgIpc) is 2.30. The topological polar surface area (TPSA) is 47.0 Å². The van der Waals surface area contributed by atoms with Gasteiger partial charge in [-0.25, -0.2) is 4.98 Å². The molecule has 1 aromatic carbocycles. The maximum Gasteiger partial charge on any atom is 0.255 e. The zero-order valence-corrected chi connectivity index (χ0v) is 11.5. The first-order chi connectivity index (χ1) is 8.58. The van der Waals surface area contributed by atoms with Crippen molar-refractivity contribution in [3.8, 4) is 5.88 Å². The molecule has 0 fully saturated rings. The molecule has 1 aromatic heterocycles. The average molecular weight is 312 g/mol. The van der Waals surface area contributed by atoms with E-state index >= 15 is 0 Å². The summed E-state index contributed by atoms with van der Waals surface area (Å²) in [5.74, 6) is -0.390. The third-order valence-electron chi connectivity index (χ3n) is 2.20. The first-order valence-electron chi connectivity index (χ1n) is 5.19. The van der Waals surface area contributed by atoms with Crippen molar-refractivity contribution in [1.29, 1.82) is 0 Å². The fourth-order valence-electron chi connectivity index (χ4n) is 1.49. The fraction of sp³-hybridized carbons (Fsp3) is 0.167. The SMILES string of the molecule is COc1nc(Nc2cc(C)cc(Br)c2)ncc1F. The third kappa shape index (κ3) is 2.95. The quantitative estimate of drug-likeness (QED) is 0.943. The van der Waals surface area contributed by atoms with E-state index in [2.05, 4.69) is 31.2 Å². The number of nitrogens with zero attached hydrogens (tertiary/aromatic N) is 2. The molecule has 0 aliphatic carbocycles. The largest absolute Gasteiger partial charge is 0.479 e. The Kier molecular flexibility index (Phi) is 3.76. The van der Waals surface area contributed by atoms with Crippen molar-refractivity contribution >= 4 is 27.6 Å². The second-order valence-corrected chi connectivity index (χ2v) is 4.61. The molecule has 0 aliphatic rings. The molecule has 2 aromatic rings. The predicted molar refractivity (Wildman–Crippen MR) is 70.7 cm³/mol. The van der Waals surface area contributed by atoms with Crippen molar-refractivity contribution < 1.29 is 9.13 Å². The molecule has 94 valence electrons. The molecule has 1 heterocycles.